The van der Waals surface area contributed by atoms with Gasteiger partial charge in [-0.1, -0.05) is 59.6 Å². The molecular formula is C23H24Cl2N4O. The molecule has 5 nitrogen and oxygen atoms in total. The third-order valence-electron chi connectivity index (χ3n) is 5.40. The van der Waals surface area contributed by atoms with E-state index in [1.807, 2.05) is 64.2 Å². The maximum atomic E-state index is 12.6. The molecule has 156 valence electrons. The molecule has 2 heterocycles. The number of benzene rings is 2. The first kappa shape index (κ1) is 20.9. The number of aromatic nitrogens is 2. The summed E-state index contributed by atoms with van der Waals surface area (Å²) in [5.74, 6) is 0.194. The van der Waals surface area contributed by atoms with Crippen LogP contribution in [0.3, 0.4) is 0 Å². The van der Waals surface area contributed by atoms with Crippen LogP contribution >= 0.6 is 23.2 Å². The largest absolute Gasteiger partial charge is 0.340 e. The van der Waals surface area contributed by atoms with Crippen LogP contribution < -0.4 is 0 Å². The van der Waals surface area contributed by atoms with Crippen LogP contribution in [-0.4, -0.2) is 51.4 Å². The van der Waals surface area contributed by atoms with Crippen molar-refractivity contribution in [2.75, 3.05) is 26.2 Å². The number of nitrogens with zero attached hydrogens (tertiary/aromatic N) is 4. The molecule has 0 unspecified atom stereocenters. The van der Waals surface area contributed by atoms with Crippen molar-refractivity contribution in [3.63, 3.8) is 0 Å². The number of carbonyl (C=O) groups is 1. The van der Waals surface area contributed by atoms with Gasteiger partial charge < -0.3 is 9.47 Å². The van der Waals surface area contributed by atoms with E-state index in [1.165, 1.54) is 0 Å². The Morgan fingerprint density at radius 2 is 1.73 bits per heavy atom. The molecular weight excluding hydrogens is 419 g/mol. The molecule has 1 aliphatic rings. The maximum absolute atomic E-state index is 12.6. The summed E-state index contributed by atoms with van der Waals surface area (Å²) in [5.41, 5.74) is 3.15. The van der Waals surface area contributed by atoms with Crippen LogP contribution in [-0.2, 0) is 17.9 Å². The third-order valence-corrected chi connectivity index (χ3v) is 6.14. The topological polar surface area (TPSA) is 41.4 Å². The van der Waals surface area contributed by atoms with Crippen molar-refractivity contribution in [3.05, 3.63) is 76.7 Å². The molecule has 1 aromatic heterocycles. The van der Waals surface area contributed by atoms with Crippen molar-refractivity contribution in [1.82, 2.24) is 19.4 Å². The zero-order chi connectivity index (χ0) is 20.9. The highest BCUT2D eigenvalue weighted by molar-refractivity contribution is 6.42. The summed E-state index contributed by atoms with van der Waals surface area (Å²) in [4.78, 5) is 21.4. The molecule has 0 radical (unpaired) electrons. The molecule has 0 atom stereocenters. The van der Waals surface area contributed by atoms with Gasteiger partial charge in [-0.15, -0.1) is 0 Å². The number of rotatable bonds is 6. The van der Waals surface area contributed by atoms with Crippen molar-refractivity contribution in [2.24, 2.45) is 0 Å². The van der Waals surface area contributed by atoms with E-state index in [0.29, 0.717) is 23.0 Å². The van der Waals surface area contributed by atoms with Crippen molar-refractivity contribution < 1.29 is 4.79 Å². The number of carbonyl (C=O) groups excluding carboxylic acids is 1. The molecule has 1 aliphatic heterocycles. The normalized spacial score (nSPS) is 14.8. The zero-order valence-corrected chi connectivity index (χ0v) is 18.2. The van der Waals surface area contributed by atoms with Gasteiger partial charge in [0.25, 0.3) is 0 Å². The highest BCUT2D eigenvalue weighted by atomic mass is 35.5. The Balaban J connectivity index is 1.24. The number of amides is 1. The monoisotopic (exact) mass is 442 g/mol. The Hall–Kier alpha value is -2.34. The first-order valence-electron chi connectivity index (χ1n) is 10.1. The number of hydrogen-bond donors (Lipinski definition) is 0. The summed E-state index contributed by atoms with van der Waals surface area (Å²) < 4.78 is 1.99. The van der Waals surface area contributed by atoms with Gasteiger partial charge in [0, 0.05) is 57.4 Å². The molecule has 2 aromatic carbocycles. The lowest BCUT2D eigenvalue weighted by molar-refractivity contribution is -0.133. The Bertz CT molecular complexity index is 997. The number of hydrogen-bond acceptors (Lipinski definition) is 3. The van der Waals surface area contributed by atoms with Crippen molar-refractivity contribution in [1.29, 1.82) is 0 Å². The molecule has 4 rings (SSSR count). The van der Waals surface area contributed by atoms with Gasteiger partial charge in [0.05, 0.1) is 22.1 Å². The first-order valence-corrected chi connectivity index (χ1v) is 10.9. The first-order chi connectivity index (χ1) is 14.6. The van der Waals surface area contributed by atoms with E-state index in [0.717, 1.165) is 49.5 Å². The van der Waals surface area contributed by atoms with E-state index >= 15 is 0 Å². The lowest BCUT2D eigenvalue weighted by atomic mass is 10.2. The fraction of sp³-hybridized carbons (Fsp3) is 0.304. The van der Waals surface area contributed by atoms with Crippen LogP contribution in [0.1, 0.15) is 12.0 Å². The summed E-state index contributed by atoms with van der Waals surface area (Å²) in [7, 11) is 0. The van der Waals surface area contributed by atoms with E-state index in [-0.39, 0.29) is 5.91 Å². The molecule has 0 bridgehead atoms. The Labute approximate surface area is 186 Å². The zero-order valence-electron chi connectivity index (χ0n) is 16.7. The van der Waals surface area contributed by atoms with Gasteiger partial charge in [-0.2, -0.15) is 0 Å². The summed E-state index contributed by atoms with van der Waals surface area (Å²) in [6.07, 6.45) is 4.28. The smallest absolute Gasteiger partial charge is 0.224 e. The molecule has 0 saturated carbocycles. The minimum atomic E-state index is 0.194. The number of piperazine rings is 1. The van der Waals surface area contributed by atoms with Crippen LogP contribution in [0.5, 0.6) is 0 Å². The van der Waals surface area contributed by atoms with Crippen LogP contribution in [0.4, 0.5) is 0 Å². The molecule has 0 N–H and O–H groups in total. The molecule has 30 heavy (non-hydrogen) atoms. The summed E-state index contributed by atoms with van der Waals surface area (Å²) >= 11 is 12.1. The van der Waals surface area contributed by atoms with E-state index in [2.05, 4.69) is 9.88 Å². The number of imidazole rings is 1. The SMILES string of the molecule is O=C(CCn1cnc(-c2ccccc2)c1)N1CCN(Cc2ccc(Cl)c(Cl)c2)CC1. The Morgan fingerprint density at radius 1 is 0.967 bits per heavy atom. The highest BCUT2D eigenvalue weighted by Gasteiger charge is 2.21. The summed E-state index contributed by atoms with van der Waals surface area (Å²) in [6.45, 7) is 4.67. The number of aryl methyl sites for hydroxylation is 1. The van der Waals surface area contributed by atoms with Crippen LogP contribution in [0, 0.1) is 0 Å². The fourth-order valence-electron chi connectivity index (χ4n) is 3.67. The number of halogens is 2. The van der Waals surface area contributed by atoms with Gasteiger partial charge in [-0.3, -0.25) is 9.69 Å². The van der Waals surface area contributed by atoms with Crippen molar-refractivity contribution in [2.45, 2.75) is 19.5 Å². The second kappa shape index (κ2) is 9.65. The maximum Gasteiger partial charge on any atom is 0.224 e. The van der Waals surface area contributed by atoms with Gasteiger partial charge in [-0.05, 0) is 17.7 Å². The standard InChI is InChI=1S/C23H24Cl2N4O/c24-20-7-6-18(14-21(20)25)15-27-10-12-29(13-11-27)23(30)8-9-28-16-22(26-17-28)19-4-2-1-3-5-19/h1-7,14,16-17H,8-13,15H2. The minimum Gasteiger partial charge on any atom is -0.340 e. The van der Waals surface area contributed by atoms with Crippen LogP contribution in [0.15, 0.2) is 61.1 Å². The van der Waals surface area contributed by atoms with E-state index in [4.69, 9.17) is 23.2 Å². The predicted molar refractivity (Wildman–Crippen MR) is 121 cm³/mol. The molecule has 1 fully saturated rings. The molecule has 7 heteroatoms. The van der Waals surface area contributed by atoms with Crippen molar-refractivity contribution >= 4 is 29.1 Å². The lowest BCUT2D eigenvalue weighted by Gasteiger charge is -2.35. The summed E-state index contributed by atoms with van der Waals surface area (Å²) in [6, 6.07) is 15.8. The molecule has 0 aliphatic carbocycles. The van der Waals surface area contributed by atoms with E-state index in [1.54, 1.807) is 6.33 Å². The lowest BCUT2D eigenvalue weighted by Crippen LogP contribution is -2.48. The van der Waals surface area contributed by atoms with Crippen LogP contribution in [0.25, 0.3) is 11.3 Å². The van der Waals surface area contributed by atoms with Crippen LogP contribution in [0.2, 0.25) is 10.0 Å². The average molecular weight is 443 g/mol. The van der Waals surface area contributed by atoms with Crippen molar-refractivity contribution in [3.8, 4) is 11.3 Å². The van der Waals surface area contributed by atoms with Gasteiger partial charge >= 0.3 is 0 Å². The third kappa shape index (κ3) is 5.22. The Kier molecular flexibility index (Phi) is 6.72. The quantitative estimate of drug-likeness (QED) is 0.560. The average Bonchev–Trinajstić information content (AvgIpc) is 3.25. The molecule has 0 spiro atoms. The minimum absolute atomic E-state index is 0.194. The predicted octanol–water partition coefficient (Wildman–Crippen LogP) is 4.59. The molecule has 1 amide bonds. The second-order valence-corrected chi connectivity index (χ2v) is 8.33. The highest BCUT2D eigenvalue weighted by Crippen LogP contribution is 2.23. The second-order valence-electron chi connectivity index (χ2n) is 7.52. The van der Waals surface area contributed by atoms with Gasteiger partial charge in [0.1, 0.15) is 0 Å². The van der Waals surface area contributed by atoms with Gasteiger partial charge in [-0.25, -0.2) is 4.98 Å². The van der Waals surface area contributed by atoms with E-state index < -0.39 is 0 Å². The van der Waals surface area contributed by atoms with Gasteiger partial charge in [0.2, 0.25) is 5.91 Å². The van der Waals surface area contributed by atoms with E-state index in [9.17, 15) is 4.79 Å². The summed E-state index contributed by atoms with van der Waals surface area (Å²) in [5, 5.41) is 1.16. The van der Waals surface area contributed by atoms with Gasteiger partial charge in [0.15, 0.2) is 0 Å². The Morgan fingerprint density at radius 3 is 2.47 bits per heavy atom. The molecule has 1 saturated heterocycles. The fourth-order valence-corrected chi connectivity index (χ4v) is 4.00. The molecule has 3 aromatic rings.